The zero-order valence-corrected chi connectivity index (χ0v) is 15.4. The lowest BCUT2D eigenvalue weighted by molar-refractivity contribution is 1.07. The molecule has 0 spiro atoms. The van der Waals surface area contributed by atoms with Crippen LogP contribution in [0.3, 0.4) is 0 Å². The highest BCUT2D eigenvalue weighted by Crippen LogP contribution is 2.50. The molecule has 0 saturated carbocycles. The molecule has 0 radical (unpaired) electrons. The third-order valence-corrected chi connectivity index (χ3v) is 69.1. The monoisotopic (exact) mass is 494 g/mol. The maximum Gasteiger partial charge on any atom is 0.279 e. The van der Waals surface area contributed by atoms with Crippen LogP contribution < -0.4 is 0 Å². The summed E-state index contributed by atoms with van der Waals surface area (Å²) in [6.07, 6.45) is 0. The van der Waals surface area contributed by atoms with E-state index in [1.807, 2.05) is 0 Å². The summed E-state index contributed by atoms with van der Waals surface area (Å²) in [6, 6.07) is 0. The van der Waals surface area contributed by atoms with Gasteiger partial charge < -0.3 is 0 Å². The van der Waals surface area contributed by atoms with Crippen LogP contribution in [0.15, 0.2) is 0 Å². The second-order valence-corrected chi connectivity index (χ2v) is 52.2. The lowest BCUT2D eigenvalue weighted by atomic mass is 10.6. The van der Waals surface area contributed by atoms with E-state index in [1.54, 1.807) is 0 Å². The number of rotatable bonds is 2. The zero-order chi connectivity index (χ0) is 8.58. The number of hydrogen-bond donors (Lipinski definition) is 0. The molecule has 0 unspecified atom stereocenters. The molecule has 0 aliphatic heterocycles. The van der Waals surface area contributed by atoms with Crippen LogP contribution in [0.1, 0.15) is 13.8 Å². The number of halogens is 5. The van der Waals surface area contributed by atoms with Crippen LogP contribution in [0.2, 0.25) is 5.54 Å². The van der Waals surface area contributed by atoms with E-state index in [-0.39, 0.29) is 0 Å². The molecule has 0 N–H and O–H groups in total. The second-order valence-electron chi connectivity index (χ2n) is 2.28. The summed E-state index contributed by atoms with van der Waals surface area (Å²) >= 11 is 18.4. The number of hydrogen-bond acceptors (Lipinski definition) is 0. The standard InChI is InChI=1S/C3H7Br5Si2/c1-3(2)9(4,5)10(6,7)8/h3H,1-2H3. The van der Waals surface area contributed by atoms with E-state index < -0.39 is 8.28 Å². The summed E-state index contributed by atoms with van der Waals surface area (Å²) in [6.45, 7) is 4.42. The van der Waals surface area contributed by atoms with E-state index in [2.05, 4.69) is 90.3 Å². The van der Waals surface area contributed by atoms with Gasteiger partial charge in [0.25, 0.3) is 3.45 Å². The van der Waals surface area contributed by atoms with Gasteiger partial charge in [-0.3, -0.25) is 0 Å². The van der Waals surface area contributed by atoms with Crippen LogP contribution in [-0.4, -0.2) is 8.28 Å². The van der Waals surface area contributed by atoms with Crippen molar-refractivity contribution in [3.63, 3.8) is 0 Å². The Morgan fingerprint density at radius 1 is 0.900 bits per heavy atom. The van der Waals surface area contributed by atoms with E-state index in [4.69, 9.17) is 0 Å². The highest BCUT2D eigenvalue weighted by Gasteiger charge is 2.51. The summed E-state index contributed by atoms with van der Waals surface area (Å²) in [4.78, 5) is -1.47. The quantitative estimate of drug-likeness (QED) is 0.378. The smallest absolute Gasteiger partial charge is 0.111 e. The first kappa shape index (κ1) is 12.8. The van der Waals surface area contributed by atoms with Crippen molar-refractivity contribution >= 4 is 84.7 Å². The predicted molar refractivity (Wildman–Crippen MR) is 71.2 cm³/mol. The average Bonchev–Trinajstić information content (AvgIpc) is 1.62. The van der Waals surface area contributed by atoms with Crippen molar-refractivity contribution in [1.82, 2.24) is 0 Å². The third kappa shape index (κ3) is 3.29. The Labute approximate surface area is 103 Å². The van der Waals surface area contributed by atoms with Crippen molar-refractivity contribution in [2.45, 2.75) is 19.4 Å². The maximum atomic E-state index is 3.74. The van der Waals surface area contributed by atoms with E-state index in [0.29, 0.717) is 5.54 Å². The van der Waals surface area contributed by atoms with Gasteiger partial charge in [0, 0.05) is 0 Å². The molecule has 10 heavy (non-hydrogen) atoms. The van der Waals surface area contributed by atoms with Crippen molar-refractivity contribution in [2.24, 2.45) is 0 Å². The lowest BCUT2D eigenvalue weighted by Crippen LogP contribution is -2.42. The highest BCUT2D eigenvalue weighted by molar-refractivity contribution is 9.81. The van der Waals surface area contributed by atoms with Gasteiger partial charge in [0.2, 0.25) is 4.83 Å². The normalized spacial score (nSPS) is 14.4. The molecule has 0 aliphatic rings. The van der Waals surface area contributed by atoms with Gasteiger partial charge in [0.15, 0.2) is 0 Å². The molecular formula is C3H7Br5Si2. The summed E-state index contributed by atoms with van der Waals surface area (Å²) in [5.74, 6) is 0. The molecule has 0 fully saturated rings. The zero-order valence-electron chi connectivity index (χ0n) is 5.47. The summed E-state index contributed by atoms with van der Waals surface area (Å²) in [5.41, 5.74) is 0.650. The van der Waals surface area contributed by atoms with Gasteiger partial charge >= 0.3 is 0 Å². The second kappa shape index (κ2) is 4.37. The molecule has 0 aromatic rings. The van der Waals surface area contributed by atoms with Gasteiger partial charge in [0.1, 0.15) is 0 Å². The van der Waals surface area contributed by atoms with Crippen LogP contribution >= 0.6 is 76.5 Å². The van der Waals surface area contributed by atoms with Crippen LogP contribution in [0.5, 0.6) is 0 Å². The van der Waals surface area contributed by atoms with Crippen molar-refractivity contribution in [1.29, 1.82) is 0 Å². The Kier molecular flexibility index (Phi) is 5.60. The van der Waals surface area contributed by atoms with Gasteiger partial charge in [-0.1, -0.05) is 59.7 Å². The lowest BCUT2D eigenvalue weighted by Gasteiger charge is -2.28. The van der Waals surface area contributed by atoms with Gasteiger partial charge in [-0.15, -0.1) is 30.6 Å². The minimum absolute atomic E-state index is 0.650. The Bertz CT molecular complexity index is 117. The van der Waals surface area contributed by atoms with Crippen LogP contribution in [-0.2, 0) is 0 Å². The highest BCUT2D eigenvalue weighted by atomic mass is 80.0. The summed E-state index contributed by atoms with van der Waals surface area (Å²) in [7, 11) is 0. The van der Waals surface area contributed by atoms with Crippen molar-refractivity contribution < 1.29 is 0 Å². The van der Waals surface area contributed by atoms with E-state index in [1.165, 1.54) is 0 Å². The summed E-state index contributed by atoms with van der Waals surface area (Å²) < 4.78 is -1.54. The molecule has 0 aliphatic carbocycles. The van der Waals surface area contributed by atoms with E-state index >= 15 is 0 Å². The van der Waals surface area contributed by atoms with Gasteiger partial charge in [0.05, 0.1) is 0 Å². The topological polar surface area (TPSA) is 0 Å². The van der Waals surface area contributed by atoms with Gasteiger partial charge in [-0.05, 0) is 5.54 Å². The predicted octanol–water partition coefficient (Wildman–Crippen LogP) is 4.83. The molecule has 0 bridgehead atoms. The molecule has 0 aromatic heterocycles. The fourth-order valence-corrected chi connectivity index (χ4v) is 15.3. The molecule has 0 rings (SSSR count). The van der Waals surface area contributed by atoms with Crippen LogP contribution in [0, 0.1) is 0 Å². The molecule has 0 nitrogen and oxygen atoms in total. The SMILES string of the molecule is CC(C)[Si](Br)(Br)[Si](Br)(Br)Br. The van der Waals surface area contributed by atoms with Crippen molar-refractivity contribution in [3.05, 3.63) is 0 Å². The first-order valence-corrected chi connectivity index (χ1v) is 19.0. The van der Waals surface area contributed by atoms with Crippen molar-refractivity contribution in [2.75, 3.05) is 0 Å². The average molecular weight is 499 g/mol. The van der Waals surface area contributed by atoms with Crippen LogP contribution in [0.25, 0.3) is 0 Å². The molecule has 0 saturated heterocycles. The van der Waals surface area contributed by atoms with Gasteiger partial charge in [-0.25, -0.2) is 0 Å². The van der Waals surface area contributed by atoms with E-state index in [9.17, 15) is 0 Å². The Morgan fingerprint density at radius 3 is 1.20 bits per heavy atom. The third-order valence-electron chi connectivity index (χ3n) is 1.10. The first-order chi connectivity index (χ1) is 4.19. The molecule has 0 atom stereocenters. The maximum absolute atomic E-state index is 3.74. The molecule has 0 aromatic carbocycles. The fourth-order valence-electron chi connectivity index (χ4n) is 0.327. The minimum Gasteiger partial charge on any atom is -0.111 e. The first-order valence-electron chi connectivity index (χ1n) is 2.64. The molecular weight excluding hydrogens is 492 g/mol. The Hall–Kier alpha value is 2.83. The van der Waals surface area contributed by atoms with Gasteiger partial charge in [-0.2, -0.15) is 0 Å². The van der Waals surface area contributed by atoms with E-state index in [0.717, 1.165) is 0 Å². The van der Waals surface area contributed by atoms with Crippen molar-refractivity contribution in [3.8, 4) is 0 Å². The molecule has 62 valence electrons. The summed E-state index contributed by atoms with van der Waals surface area (Å²) in [5, 5.41) is 0. The molecule has 7 heteroatoms. The Balaban J connectivity index is 4.40. The fraction of sp³-hybridized carbons (Fsp3) is 1.00. The Morgan fingerprint density at radius 2 is 1.20 bits per heavy atom. The minimum atomic E-state index is -1.54. The van der Waals surface area contributed by atoms with Crippen LogP contribution in [0.4, 0.5) is 0 Å². The molecule has 0 heterocycles. The largest absolute Gasteiger partial charge is 0.279 e. The molecule has 0 amide bonds.